The number of nitrogens with zero attached hydrogens (tertiary/aromatic N) is 6. The predicted molar refractivity (Wildman–Crippen MR) is 179 cm³/mol. The Balaban J connectivity index is 0.000000177. The van der Waals surface area contributed by atoms with Gasteiger partial charge in [-0.05, 0) is 59.7 Å². The Morgan fingerprint density at radius 2 is 0.914 bits per heavy atom. The first-order chi connectivity index (χ1) is 27.7. The minimum Gasteiger partial charge on any atom is -0.439 e. The summed E-state index contributed by atoms with van der Waals surface area (Å²) in [4.78, 5) is 10.5. The molecule has 6 aromatic rings. The van der Waals surface area contributed by atoms with Gasteiger partial charge in [0.15, 0.2) is 12.2 Å². The summed E-state index contributed by atoms with van der Waals surface area (Å²) in [5.74, 6) is -0.949. The van der Waals surface area contributed by atoms with Gasteiger partial charge in [0.25, 0.3) is 0 Å². The lowest BCUT2D eigenvalue weighted by Crippen LogP contribution is -2.17. The Bertz CT molecular complexity index is 2210. The van der Waals surface area contributed by atoms with Crippen molar-refractivity contribution in [2.24, 2.45) is 10.3 Å². The normalized spacial score (nSPS) is 16.3. The van der Waals surface area contributed by atoms with Crippen molar-refractivity contribution < 1.29 is 72.6 Å². The van der Waals surface area contributed by atoms with Crippen molar-refractivity contribution in [1.29, 1.82) is 0 Å². The summed E-state index contributed by atoms with van der Waals surface area (Å²) in [6.07, 6.45) is -8.02. The molecule has 0 radical (unpaired) electrons. The number of aromatic nitrogens is 4. The molecule has 2 aliphatic rings. The van der Waals surface area contributed by atoms with E-state index in [4.69, 9.17) is 28.0 Å². The van der Waals surface area contributed by atoms with Crippen molar-refractivity contribution >= 4 is 11.8 Å². The van der Waals surface area contributed by atoms with Gasteiger partial charge in [0.1, 0.15) is 34.6 Å². The quantitative estimate of drug-likeness (QED) is 0.134. The second-order valence-corrected chi connectivity index (χ2v) is 11.8. The molecule has 4 aromatic carbocycles. The number of oxime groups is 2. The Morgan fingerprint density at radius 1 is 0.517 bits per heavy atom. The van der Waals surface area contributed by atoms with Crippen LogP contribution in [0.3, 0.4) is 0 Å². The fourth-order valence-electron chi connectivity index (χ4n) is 5.32. The van der Waals surface area contributed by atoms with Crippen molar-refractivity contribution in [1.82, 2.24) is 20.4 Å². The molecule has 0 saturated carbocycles. The summed E-state index contributed by atoms with van der Waals surface area (Å²) in [7, 11) is 0. The number of alkyl halides is 6. The van der Waals surface area contributed by atoms with Gasteiger partial charge in [-0.25, -0.2) is 8.78 Å². The maximum absolute atomic E-state index is 13.9. The number of ether oxygens (including phenoxy) is 4. The standard InChI is InChI=1S/2C18H11F4N3O4/c2*19-12-5-11(17-24-23-9-26-17)6-14(7-12)27-16-8-15(29-25-16)10-1-3-13(4-2-10)28-18(20,21)22/h2*1-7,9,15H,8H2/t2*15-/m10/s1. The van der Waals surface area contributed by atoms with Crippen molar-refractivity contribution in [3.05, 3.63) is 120 Å². The van der Waals surface area contributed by atoms with E-state index < -0.39 is 36.6 Å². The van der Waals surface area contributed by atoms with E-state index >= 15 is 0 Å². The summed E-state index contributed by atoms with van der Waals surface area (Å²) in [5, 5.41) is 22.1. The highest BCUT2D eigenvalue weighted by Gasteiger charge is 2.33. The van der Waals surface area contributed by atoms with E-state index in [1.807, 2.05) is 0 Å². The third-order valence-electron chi connectivity index (χ3n) is 7.68. The third kappa shape index (κ3) is 10.5. The fourth-order valence-corrected chi connectivity index (χ4v) is 5.32. The van der Waals surface area contributed by atoms with Crippen molar-refractivity contribution in [3.8, 4) is 45.9 Å². The molecule has 58 heavy (non-hydrogen) atoms. The average molecular weight is 819 g/mol. The van der Waals surface area contributed by atoms with Crippen molar-refractivity contribution in [3.63, 3.8) is 0 Å². The van der Waals surface area contributed by atoms with Crippen LogP contribution in [0.15, 0.2) is 117 Å². The van der Waals surface area contributed by atoms with Crippen molar-refractivity contribution in [2.75, 3.05) is 0 Å². The molecule has 300 valence electrons. The number of hydrogen-bond donors (Lipinski definition) is 0. The summed E-state index contributed by atoms with van der Waals surface area (Å²) in [5.41, 5.74) is 1.81. The van der Waals surface area contributed by atoms with Crippen LogP contribution in [-0.4, -0.2) is 44.9 Å². The second-order valence-electron chi connectivity index (χ2n) is 11.8. The lowest BCUT2D eigenvalue weighted by atomic mass is 10.1. The van der Waals surface area contributed by atoms with Crippen LogP contribution in [0.1, 0.15) is 36.2 Å². The Morgan fingerprint density at radius 3 is 1.26 bits per heavy atom. The average Bonchev–Trinajstić information content (AvgIpc) is 4.00. The molecule has 2 aromatic heterocycles. The van der Waals surface area contributed by atoms with Gasteiger partial charge >= 0.3 is 12.7 Å². The SMILES string of the molecule is Fc1cc(OC2=NO[C@@H](c3ccc(OC(F)(F)F)cc3)C2)cc(-c2nnco2)c1.Fc1cc(OC2=NO[C@H](c3ccc(OC(F)(F)F)cc3)C2)cc(-c2nnco2)c1. The first-order valence-electron chi connectivity index (χ1n) is 16.4. The first kappa shape index (κ1) is 39.0. The van der Waals surface area contributed by atoms with E-state index in [1.165, 1.54) is 72.8 Å². The zero-order valence-electron chi connectivity index (χ0n) is 28.8. The molecule has 22 heteroatoms. The smallest absolute Gasteiger partial charge is 0.439 e. The van der Waals surface area contributed by atoms with Gasteiger partial charge in [0, 0.05) is 23.3 Å². The van der Waals surface area contributed by atoms with E-state index in [2.05, 4.69) is 40.2 Å². The number of halogens is 8. The van der Waals surface area contributed by atoms with Gasteiger partial charge in [0.2, 0.25) is 36.4 Å². The topological polar surface area (TPSA) is 158 Å². The Kier molecular flexibility index (Phi) is 11.1. The molecule has 8 rings (SSSR count). The Hall–Kier alpha value is -7.26. The van der Waals surface area contributed by atoms with Gasteiger partial charge in [-0.1, -0.05) is 34.6 Å². The summed E-state index contributed by atoms with van der Waals surface area (Å²) in [6.45, 7) is 0. The van der Waals surface area contributed by atoms with Crippen LogP contribution >= 0.6 is 0 Å². The molecule has 0 aliphatic carbocycles. The second kappa shape index (κ2) is 16.5. The molecular weight excluding hydrogens is 796 g/mol. The molecule has 2 atom stereocenters. The van der Waals surface area contributed by atoms with Crippen LogP contribution < -0.4 is 18.9 Å². The number of rotatable bonds is 8. The van der Waals surface area contributed by atoms with Gasteiger partial charge in [0.05, 0.1) is 12.8 Å². The minimum absolute atomic E-state index is 0.123. The zero-order valence-corrected chi connectivity index (χ0v) is 28.8. The lowest BCUT2D eigenvalue weighted by molar-refractivity contribution is -0.275. The zero-order chi connectivity index (χ0) is 40.9. The summed E-state index contributed by atoms with van der Waals surface area (Å²) >= 11 is 0. The van der Waals surface area contributed by atoms with Crippen LogP contribution in [0.5, 0.6) is 23.0 Å². The number of benzene rings is 4. The molecule has 0 amide bonds. The highest BCUT2D eigenvalue weighted by atomic mass is 19.4. The van der Waals surface area contributed by atoms with Crippen LogP contribution in [0.25, 0.3) is 22.9 Å². The minimum atomic E-state index is -4.76. The predicted octanol–water partition coefficient (Wildman–Crippen LogP) is 9.26. The van der Waals surface area contributed by atoms with Crippen LogP contribution in [0.2, 0.25) is 0 Å². The molecule has 0 fully saturated rings. The van der Waals surface area contributed by atoms with E-state index in [9.17, 15) is 35.1 Å². The van der Waals surface area contributed by atoms with E-state index in [1.54, 1.807) is 0 Å². The molecule has 0 bridgehead atoms. The molecule has 0 saturated heterocycles. The molecule has 4 heterocycles. The third-order valence-corrected chi connectivity index (χ3v) is 7.68. The van der Waals surface area contributed by atoms with Crippen LogP contribution in [-0.2, 0) is 9.68 Å². The highest BCUT2D eigenvalue weighted by Crippen LogP contribution is 2.34. The number of hydrogen-bond acceptors (Lipinski definition) is 14. The van der Waals surface area contributed by atoms with E-state index in [0.717, 1.165) is 24.9 Å². The molecule has 0 N–H and O–H groups in total. The van der Waals surface area contributed by atoms with Gasteiger partial charge in [-0.15, -0.1) is 46.7 Å². The van der Waals surface area contributed by atoms with Gasteiger partial charge in [-0.3, -0.25) is 0 Å². The van der Waals surface area contributed by atoms with Gasteiger partial charge in [-0.2, -0.15) is 0 Å². The first-order valence-corrected chi connectivity index (χ1v) is 16.4. The van der Waals surface area contributed by atoms with Crippen LogP contribution in [0.4, 0.5) is 35.1 Å². The monoisotopic (exact) mass is 818 g/mol. The van der Waals surface area contributed by atoms with E-state index in [0.29, 0.717) is 22.3 Å². The highest BCUT2D eigenvalue weighted by molar-refractivity contribution is 5.81. The van der Waals surface area contributed by atoms with E-state index in [-0.39, 0.29) is 59.4 Å². The molecule has 0 unspecified atom stereocenters. The fraction of sp³-hybridized carbons (Fsp3) is 0.167. The molecule has 0 spiro atoms. The van der Waals surface area contributed by atoms with Gasteiger partial charge < -0.3 is 37.5 Å². The maximum atomic E-state index is 13.9. The maximum Gasteiger partial charge on any atom is 0.573 e. The summed E-state index contributed by atoms with van der Waals surface area (Å²) < 4.78 is 130. The molecule has 2 aliphatic heterocycles. The Labute approximate surface area is 319 Å². The molecule has 14 nitrogen and oxygen atoms in total. The largest absolute Gasteiger partial charge is 0.573 e. The summed E-state index contributed by atoms with van der Waals surface area (Å²) in [6, 6.07) is 18.1. The van der Waals surface area contributed by atoms with Crippen molar-refractivity contribution in [2.45, 2.75) is 37.8 Å². The lowest BCUT2D eigenvalue weighted by Gasteiger charge is -2.11. The molecular formula is C36H22F8N6O8. The van der Waals surface area contributed by atoms with Crippen LogP contribution in [0, 0.1) is 11.6 Å².